The minimum absolute atomic E-state index is 0.0534. The van der Waals surface area contributed by atoms with Gasteiger partial charge in [-0.3, -0.25) is 14.5 Å². The Labute approximate surface area is 133 Å². The van der Waals surface area contributed by atoms with Crippen LogP contribution in [-0.4, -0.2) is 23.4 Å². The van der Waals surface area contributed by atoms with Crippen LogP contribution >= 0.6 is 23.2 Å². The molecule has 6 heteroatoms. The second-order valence-corrected chi connectivity index (χ2v) is 6.40. The van der Waals surface area contributed by atoms with Gasteiger partial charge in [0.1, 0.15) is 0 Å². The molecule has 3 rings (SSSR count). The molecule has 1 aliphatic heterocycles. The lowest BCUT2D eigenvalue weighted by Crippen LogP contribution is -2.35. The highest BCUT2D eigenvalue weighted by atomic mass is 35.5. The summed E-state index contributed by atoms with van der Waals surface area (Å²) in [6, 6.07) is 5.07. The lowest BCUT2D eigenvalue weighted by Gasteiger charge is -2.19. The molecule has 2 fully saturated rings. The molecule has 0 bridgehead atoms. The Morgan fingerprint density at radius 1 is 1.10 bits per heavy atom. The average Bonchev–Trinajstić information content (AvgIpc) is 2.71. The zero-order valence-corrected chi connectivity index (χ0v) is 13.0. The molecular weight excluding hydrogens is 311 g/mol. The maximum atomic E-state index is 12.3. The minimum atomic E-state index is -0.117. The normalized spacial score (nSPS) is 25.1. The number of imide groups is 1. The van der Waals surface area contributed by atoms with Gasteiger partial charge < -0.3 is 5.32 Å². The molecule has 0 radical (unpaired) electrons. The van der Waals surface area contributed by atoms with E-state index in [-0.39, 0.29) is 30.3 Å². The number of anilines is 1. The number of likely N-dealkylation sites (tertiary alicyclic amines) is 1. The molecular formula is C15H16Cl2N2O2. The number of nitrogens with one attached hydrogen (secondary N) is 1. The lowest BCUT2D eigenvalue weighted by molar-refractivity contribution is -0.139. The number of hydrogen-bond donors (Lipinski definition) is 1. The summed E-state index contributed by atoms with van der Waals surface area (Å²) in [5, 5.41) is 4.06. The number of carbonyl (C=O) groups excluding carboxylic acids is 2. The van der Waals surface area contributed by atoms with Crippen molar-refractivity contribution in [3.05, 3.63) is 28.2 Å². The molecule has 4 nitrogen and oxygen atoms in total. The Kier molecular flexibility index (Phi) is 4.09. The van der Waals surface area contributed by atoms with Crippen LogP contribution in [0.15, 0.2) is 18.2 Å². The summed E-state index contributed by atoms with van der Waals surface area (Å²) in [5.41, 5.74) is 0.663. The van der Waals surface area contributed by atoms with Crippen LogP contribution in [0.4, 0.5) is 5.69 Å². The first-order valence-electron chi connectivity index (χ1n) is 7.12. The van der Waals surface area contributed by atoms with E-state index in [9.17, 15) is 9.59 Å². The van der Waals surface area contributed by atoms with E-state index in [1.54, 1.807) is 18.2 Å². The first-order valence-corrected chi connectivity index (χ1v) is 7.87. The molecule has 2 atom stereocenters. The van der Waals surface area contributed by atoms with Crippen LogP contribution in [0.5, 0.6) is 0 Å². The van der Waals surface area contributed by atoms with Crippen LogP contribution in [-0.2, 0) is 9.59 Å². The number of hydrogen-bond acceptors (Lipinski definition) is 3. The highest BCUT2D eigenvalue weighted by molar-refractivity contribution is 6.36. The van der Waals surface area contributed by atoms with E-state index in [1.807, 2.05) is 0 Å². The molecule has 1 aliphatic carbocycles. The summed E-state index contributed by atoms with van der Waals surface area (Å²) >= 11 is 11.9. The van der Waals surface area contributed by atoms with Gasteiger partial charge in [-0.2, -0.15) is 0 Å². The second kappa shape index (κ2) is 5.85. The van der Waals surface area contributed by atoms with E-state index in [0.29, 0.717) is 15.7 Å². The summed E-state index contributed by atoms with van der Waals surface area (Å²) in [5.74, 6) is -0.341. The Hall–Kier alpha value is -1.26. The van der Waals surface area contributed by atoms with E-state index in [4.69, 9.17) is 23.2 Å². The summed E-state index contributed by atoms with van der Waals surface area (Å²) < 4.78 is 0. The van der Waals surface area contributed by atoms with E-state index >= 15 is 0 Å². The van der Waals surface area contributed by atoms with Crippen LogP contribution < -0.4 is 5.32 Å². The highest BCUT2D eigenvalue weighted by Gasteiger charge is 2.47. The van der Waals surface area contributed by atoms with Gasteiger partial charge in [-0.1, -0.05) is 36.0 Å². The van der Waals surface area contributed by atoms with Crippen molar-refractivity contribution in [2.45, 2.75) is 25.7 Å². The lowest BCUT2D eigenvalue weighted by atomic mass is 9.81. The molecule has 1 aromatic rings. The number of rotatable bonds is 3. The van der Waals surface area contributed by atoms with Gasteiger partial charge in [0.2, 0.25) is 11.8 Å². The number of nitrogens with zero attached hydrogens (tertiary/aromatic N) is 1. The summed E-state index contributed by atoms with van der Waals surface area (Å²) in [4.78, 5) is 26.0. The molecule has 2 aliphatic rings. The maximum absolute atomic E-state index is 12.3. The summed E-state index contributed by atoms with van der Waals surface area (Å²) in [7, 11) is 0. The molecule has 1 aromatic carbocycles. The third-order valence-corrected chi connectivity index (χ3v) is 4.84. The van der Waals surface area contributed by atoms with Crippen molar-refractivity contribution >= 4 is 40.7 Å². The Morgan fingerprint density at radius 3 is 2.29 bits per heavy atom. The smallest absolute Gasteiger partial charge is 0.234 e. The topological polar surface area (TPSA) is 49.4 Å². The number of amides is 2. The van der Waals surface area contributed by atoms with Crippen molar-refractivity contribution in [1.29, 1.82) is 0 Å². The molecule has 0 aromatic heterocycles. The molecule has 1 heterocycles. The number of halogens is 2. The fraction of sp³-hybridized carbons (Fsp3) is 0.467. The van der Waals surface area contributed by atoms with Crippen molar-refractivity contribution in [3.63, 3.8) is 0 Å². The number of carbonyl (C=O) groups is 2. The molecule has 21 heavy (non-hydrogen) atoms. The second-order valence-electron chi connectivity index (χ2n) is 5.56. The maximum Gasteiger partial charge on any atom is 0.234 e. The van der Waals surface area contributed by atoms with E-state index < -0.39 is 0 Å². The fourth-order valence-electron chi connectivity index (χ4n) is 3.18. The number of benzene rings is 1. The van der Waals surface area contributed by atoms with Gasteiger partial charge in [0, 0.05) is 5.02 Å². The van der Waals surface area contributed by atoms with Crippen molar-refractivity contribution in [3.8, 4) is 0 Å². The standard InChI is InChI=1S/C15H16Cl2N2O2/c16-9-5-6-13(12(17)7-9)18-8-19-14(20)10-3-1-2-4-11(10)15(19)21/h5-7,10-11,18H,1-4,8H2/t10-,11-/m1/s1. The van der Waals surface area contributed by atoms with Gasteiger partial charge in [0.15, 0.2) is 0 Å². The molecule has 2 amide bonds. The predicted molar refractivity (Wildman–Crippen MR) is 82.3 cm³/mol. The van der Waals surface area contributed by atoms with Crippen LogP contribution in [0.2, 0.25) is 10.0 Å². The largest absolute Gasteiger partial charge is 0.366 e. The Morgan fingerprint density at radius 2 is 1.71 bits per heavy atom. The Bertz CT molecular complexity index is 567. The van der Waals surface area contributed by atoms with Crippen molar-refractivity contribution < 1.29 is 9.59 Å². The summed E-state index contributed by atoms with van der Waals surface area (Å²) in [6.07, 6.45) is 3.72. The SMILES string of the molecule is O=C1[C@@H]2CCCC[C@H]2C(=O)N1CNc1ccc(Cl)cc1Cl. The van der Waals surface area contributed by atoms with Crippen LogP contribution in [0.1, 0.15) is 25.7 Å². The average molecular weight is 327 g/mol. The van der Waals surface area contributed by atoms with E-state index in [1.165, 1.54) is 4.90 Å². The van der Waals surface area contributed by atoms with Crippen LogP contribution in [0.3, 0.4) is 0 Å². The monoisotopic (exact) mass is 326 g/mol. The van der Waals surface area contributed by atoms with Crippen molar-refractivity contribution in [2.75, 3.05) is 12.0 Å². The predicted octanol–water partition coefficient (Wildman–Crippen LogP) is 3.54. The highest BCUT2D eigenvalue weighted by Crippen LogP contribution is 2.38. The number of fused-ring (bicyclic) bond motifs is 1. The third-order valence-electron chi connectivity index (χ3n) is 4.29. The zero-order valence-electron chi connectivity index (χ0n) is 11.4. The first-order chi connectivity index (χ1) is 10.1. The first kappa shape index (κ1) is 14.7. The molecule has 0 spiro atoms. The molecule has 1 saturated heterocycles. The molecule has 112 valence electrons. The van der Waals surface area contributed by atoms with Gasteiger partial charge >= 0.3 is 0 Å². The van der Waals surface area contributed by atoms with Crippen LogP contribution in [0.25, 0.3) is 0 Å². The minimum Gasteiger partial charge on any atom is -0.366 e. The molecule has 1 saturated carbocycles. The zero-order chi connectivity index (χ0) is 15.0. The van der Waals surface area contributed by atoms with E-state index in [0.717, 1.165) is 25.7 Å². The molecule has 0 unspecified atom stereocenters. The van der Waals surface area contributed by atoms with Gasteiger partial charge in [0.25, 0.3) is 0 Å². The van der Waals surface area contributed by atoms with Crippen molar-refractivity contribution in [2.24, 2.45) is 11.8 Å². The summed E-state index contributed by atoms with van der Waals surface area (Å²) in [6.45, 7) is 0.159. The quantitative estimate of drug-likeness (QED) is 0.864. The van der Waals surface area contributed by atoms with Gasteiger partial charge in [-0.05, 0) is 31.0 Å². The van der Waals surface area contributed by atoms with Gasteiger partial charge in [-0.15, -0.1) is 0 Å². The molecule has 1 N–H and O–H groups in total. The third kappa shape index (κ3) is 2.74. The van der Waals surface area contributed by atoms with Crippen LogP contribution in [0, 0.1) is 11.8 Å². The van der Waals surface area contributed by atoms with Gasteiger partial charge in [0.05, 0.1) is 29.2 Å². The fourth-order valence-corrected chi connectivity index (χ4v) is 3.66. The van der Waals surface area contributed by atoms with Crippen molar-refractivity contribution in [1.82, 2.24) is 4.90 Å². The van der Waals surface area contributed by atoms with Gasteiger partial charge in [-0.25, -0.2) is 0 Å². The van der Waals surface area contributed by atoms with E-state index in [2.05, 4.69) is 5.32 Å². The Balaban J connectivity index is 1.70.